The molecule has 0 unspecified atom stereocenters. The summed E-state index contributed by atoms with van der Waals surface area (Å²) in [4.78, 5) is 24.0. The van der Waals surface area contributed by atoms with Gasteiger partial charge in [-0.3, -0.25) is 9.59 Å². The van der Waals surface area contributed by atoms with Crippen LogP contribution < -0.4 is 9.47 Å². The van der Waals surface area contributed by atoms with Crippen LogP contribution in [0.25, 0.3) is 0 Å². The Hall–Kier alpha value is -2.14. The highest BCUT2D eigenvalue weighted by Crippen LogP contribution is 2.31. The smallest absolute Gasteiger partial charge is 0.308 e. The van der Waals surface area contributed by atoms with Crippen LogP contribution in [-0.4, -0.2) is 18.9 Å². The van der Waals surface area contributed by atoms with Crippen molar-refractivity contribution in [2.75, 3.05) is 7.11 Å². The van der Waals surface area contributed by atoms with Gasteiger partial charge in [-0.1, -0.05) is 0 Å². The van der Waals surface area contributed by atoms with Crippen LogP contribution in [0.2, 0.25) is 0 Å². The first-order valence-corrected chi connectivity index (χ1v) is 7.39. The Kier molecular flexibility index (Phi) is 4.98. The third-order valence-corrected chi connectivity index (χ3v) is 3.66. The maximum atomic E-state index is 12.7. The van der Waals surface area contributed by atoms with Crippen molar-refractivity contribution in [3.63, 3.8) is 0 Å². The van der Waals surface area contributed by atoms with Crippen LogP contribution in [0.15, 0.2) is 40.9 Å². The molecule has 0 N–H and O–H groups in total. The number of hydrogen-bond acceptors (Lipinski definition) is 4. The first-order valence-electron chi connectivity index (χ1n) is 6.59. The third-order valence-electron chi connectivity index (χ3n) is 3.03. The Morgan fingerprint density at radius 1 is 1.09 bits per heavy atom. The highest BCUT2D eigenvalue weighted by atomic mass is 79.9. The van der Waals surface area contributed by atoms with Crippen molar-refractivity contribution in [3.8, 4) is 11.5 Å². The average Bonchev–Trinajstić information content (AvgIpc) is 2.45. The van der Waals surface area contributed by atoms with E-state index in [0.717, 1.165) is 5.56 Å². The van der Waals surface area contributed by atoms with E-state index in [2.05, 4.69) is 15.9 Å². The molecule has 2 aromatic rings. The first-order chi connectivity index (χ1) is 10.4. The summed E-state index contributed by atoms with van der Waals surface area (Å²) in [7, 11) is 1.56. The van der Waals surface area contributed by atoms with E-state index in [9.17, 15) is 9.59 Å². The quantitative estimate of drug-likeness (QED) is 0.469. The second-order valence-electron chi connectivity index (χ2n) is 4.77. The lowest BCUT2D eigenvalue weighted by atomic mass is 10.0. The fourth-order valence-electron chi connectivity index (χ4n) is 2.05. The zero-order chi connectivity index (χ0) is 16.3. The van der Waals surface area contributed by atoms with E-state index >= 15 is 0 Å². The molecule has 2 rings (SSSR count). The molecule has 0 saturated carbocycles. The van der Waals surface area contributed by atoms with Gasteiger partial charge in [-0.25, -0.2) is 0 Å². The summed E-state index contributed by atoms with van der Waals surface area (Å²) >= 11 is 3.38. The Morgan fingerprint density at radius 2 is 1.73 bits per heavy atom. The molecular formula is C17H15BrO4. The maximum Gasteiger partial charge on any atom is 0.308 e. The van der Waals surface area contributed by atoms with Crippen LogP contribution in [0.5, 0.6) is 11.5 Å². The molecule has 22 heavy (non-hydrogen) atoms. The molecule has 2 aromatic carbocycles. The first kappa shape index (κ1) is 16.2. The van der Waals surface area contributed by atoms with Gasteiger partial charge in [0.05, 0.1) is 12.7 Å². The van der Waals surface area contributed by atoms with Crippen molar-refractivity contribution in [1.29, 1.82) is 0 Å². The van der Waals surface area contributed by atoms with Crippen LogP contribution in [-0.2, 0) is 4.79 Å². The van der Waals surface area contributed by atoms with Gasteiger partial charge in [0.25, 0.3) is 0 Å². The topological polar surface area (TPSA) is 52.6 Å². The summed E-state index contributed by atoms with van der Waals surface area (Å²) < 4.78 is 10.8. The molecule has 0 aromatic heterocycles. The van der Waals surface area contributed by atoms with Gasteiger partial charge in [0.2, 0.25) is 0 Å². The molecular weight excluding hydrogens is 348 g/mol. The Labute approximate surface area is 137 Å². The van der Waals surface area contributed by atoms with E-state index < -0.39 is 5.97 Å². The number of hydrogen-bond donors (Lipinski definition) is 0. The van der Waals surface area contributed by atoms with Gasteiger partial charge >= 0.3 is 5.97 Å². The number of ketones is 1. The maximum absolute atomic E-state index is 12.7. The van der Waals surface area contributed by atoms with Crippen molar-refractivity contribution in [2.45, 2.75) is 13.8 Å². The van der Waals surface area contributed by atoms with E-state index in [1.807, 2.05) is 13.0 Å². The number of benzene rings is 2. The number of esters is 1. The van der Waals surface area contributed by atoms with Crippen LogP contribution in [0.4, 0.5) is 0 Å². The van der Waals surface area contributed by atoms with Crippen molar-refractivity contribution in [2.24, 2.45) is 0 Å². The van der Waals surface area contributed by atoms with E-state index in [1.165, 1.54) is 6.92 Å². The van der Waals surface area contributed by atoms with Gasteiger partial charge in [0.1, 0.15) is 11.5 Å². The summed E-state index contributed by atoms with van der Waals surface area (Å²) in [5.74, 6) is 0.215. The molecule has 0 heterocycles. The molecule has 0 radical (unpaired) electrons. The van der Waals surface area contributed by atoms with Crippen molar-refractivity contribution in [3.05, 3.63) is 57.6 Å². The molecule has 4 nitrogen and oxygen atoms in total. The lowest BCUT2D eigenvalue weighted by Gasteiger charge is -2.12. The number of ether oxygens (including phenoxy) is 2. The number of carbonyl (C=O) groups is 2. The molecule has 5 heteroatoms. The number of carbonyl (C=O) groups excluding carboxylic acids is 2. The summed E-state index contributed by atoms with van der Waals surface area (Å²) in [5, 5.41) is 0. The minimum atomic E-state index is -0.471. The molecule has 0 amide bonds. The standard InChI is InChI=1S/C17H15BrO4/c1-10-8-14(18)16(15(9-10)22-11(2)19)17(20)12-4-6-13(21-3)7-5-12/h4-9H,1-3H3. The molecule has 0 bridgehead atoms. The van der Waals surface area contributed by atoms with E-state index in [0.29, 0.717) is 21.3 Å². The summed E-state index contributed by atoms with van der Waals surface area (Å²) in [6, 6.07) is 10.2. The second-order valence-corrected chi connectivity index (χ2v) is 5.63. The fraction of sp³-hybridized carbons (Fsp3) is 0.176. The number of methoxy groups -OCH3 is 1. The van der Waals surface area contributed by atoms with Crippen LogP contribution in [0.1, 0.15) is 28.4 Å². The zero-order valence-electron chi connectivity index (χ0n) is 12.5. The predicted molar refractivity (Wildman–Crippen MR) is 86.6 cm³/mol. The van der Waals surface area contributed by atoms with E-state index in [-0.39, 0.29) is 11.5 Å². The minimum Gasteiger partial charge on any atom is -0.497 e. The molecule has 114 valence electrons. The largest absolute Gasteiger partial charge is 0.497 e. The van der Waals surface area contributed by atoms with Gasteiger partial charge < -0.3 is 9.47 Å². The number of halogens is 1. The highest BCUT2D eigenvalue weighted by molar-refractivity contribution is 9.10. The summed E-state index contributed by atoms with van der Waals surface area (Å²) in [6.45, 7) is 3.16. The van der Waals surface area contributed by atoms with Crippen molar-refractivity contribution in [1.82, 2.24) is 0 Å². The van der Waals surface area contributed by atoms with E-state index in [4.69, 9.17) is 9.47 Å². The fourth-order valence-corrected chi connectivity index (χ4v) is 2.79. The summed E-state index contributed by atoms with van der Waals surface area (Å²) in [5.41, 5.74) is 1.69. The SMILES string of the molecule is COc1ccc(C(=O)c2c(Br)cc(C)cc2OC(C)=O)cc1. The lowest BCUT2D eigenvalue weighted by Crippen LogP contribution is -2.10. The molecule has 0 saturated heterocycles. The van der Waals surface area contributed by atoms with Gasteiger partial charge in [-0.15, -0.1) is 0 Å². The van der Waals surface area contributed by atoms with Crippen LogP contribution in [0.3, 0.4) is 0 Å². The van der Waals surface area contributed by atoms with Crippen molar-refractivity contribution >= 4 is 27.7 Å². The summed E-state index contributed by atoms with van der Waals surface area (Å²) in [6.07, 6.45) is 0. The Balaban J connectivity index is 2.49. The minimum absolute atomic E-state index is 0.231. The van der Waals surface area contributed by atoms with E-state index in [1.54, 1.807) is 37.4 Å². The lowest BCUT2D eigenvalue weighted by molar-refractivity contribution is -0.131. The number of rotatable bonds is 4. The average molecular weight is 363 g/mol. The molecule has 0 fully saturated rings. The van der Waals surface area contributed by atoms with Crippen molar-refractivity contribution < 1.29 is 19.1 Å². The monoisotopic (exact) mass is 362 g/mol. The van der Waals surface area contributed by atoms with Gasteiger partial charge in [-0.2, -0.15) is 0 Å². The van der Waals surface area contributed by atoms with Crippen LogP contribution >= 0.6 is 15.9 Å². The van der Waals surface area contributed by atoms with Gasteiger partial charge in [-0.05, 0) is 64.8 Å². The van der Waals surface area contributed by atoms with Crippen LogP contribution in [0, 0.1) is 6.92 Å². The normalized spacial score (nSPS) is 10.2. The predicted octanol–water partition coefficient (Wildman–Crippen LogP) is 3.92. The molecule has 0 aliphatic heterocycles. The Bertz CT molecular complexity index is 720. The number of aryl methyl sites for hydroxylation is 1. The molecule has 0 atom stereocenters. The molecule has 0 aliphatic carbocycles. The highest BCUT2D eigenvalue weighted by Gasteiger charge is 2.20. The Morgan fingerprint density at radius 3 is 2.27 bits per heavy atom. The third kappa shape index (κ3) is 3.54. The van der Waals surface area contributed by atoms with Gasteiger partial charge in [0.15, 0.2) is 5.78 Å². The second kappa shape index (κ2) is 6.75. The van der Waals surface area contributed by atoms with Gasteiger partial charge in [0, 0.05) is 17.0 Å². The molecule has 0 spiro atoms. The molecule has 0 aliphatic rings. The zero-order valence-corrected chi connectivity index (χ0v) is 14.1.